The van der Waals surface area contributed by atoms with Crippen molar-refractivity contribution in [3.8, 4) is 0 Å². The summed E-state index contributed by atoms with van der Waals surface area (Å²) < 4.78 is 0. The Morgan fingerprint density at radius 1 is 1.19 bits per heavy atom. The molecule has 2 amide bonds. The molecule has 0 aliphatic heterocycles. The molecule has 122 valence electrons. The first-order valence-electron chi connectivity index (χ1n) is 7.79. The summed E-state index contributed by atoms with van der Waals surface area (Å²) in [7, 11) is 4.06. The van der Waals surface area contributed by atoms with Gasteiger partial charge in [0.15, 0.2) is 0 Å². The first-order valence-corrected chi connectivity index (χ1v) is 7.79. The molecule has 0 aromatic carbocycles. The van der Waals surface area contributed by atoms with Crippen LogP contribution in [0.2, 0.25) is 0 Å². The van der Waals surface area contributed by atoms with Gasteiger partial charge in [0.05, 0.1) is 0 Å². The minimum absolute atomic E-state index is 0.00164. The van der Waals surface area contributed by atoms with Gasteiger partial charge in [0.2, 0.25) is 0 Å². The second-order valence-corrected chi connectivity index (χ2v) is 6.23. The fourth-order valence-electron chi connectivity index (χ4n) is 3.10. The summed E-state index contributed by atoms with van der Waals surface area (Å²) in [6, 6.07) is -0.394. The van der Waals surface area contributed by atoms with Crippen LogP contribution in [0.4, 0.5) is 4.79 Å². The summed E-state index contributed by atoms with van der Waals surface area (Å²) in [6.07, 6.45) is 5.20. The van der Waals surface area contributed by atoms with Crippen molar-refractivity contribution in [2.24, 2.45) is 0 Å². The Balaban J connectivity index is 2.63. The third-order valence-corrected chi connectivity index (χ3v) is 5.03. The molecule has 21 heavy (non-hydrogen) atoms. The lowest BCUT2D eigenvalue weighted by Gasteiger charge is -2.37. The molecular formula is C15H29N3O3. The van der Waals surface area contributed by atoms with Gasteiger partial charge in [-0.05, 0) is 39.8 Å². The SMILES string of the molecule is CCC(CC)(NC(=O)NCC1(N(C)C)CCCC1)C(=O)O. The van der Waals surface area contributed by atoms with Crippen LogP contribution < -0.4 is 10.6 Å². The van der Waals surface area contributed by atoms with Crippen LogP contribution >= 0.6 is 0 Å². The molecule has 1 aliphatic rings. The van der Waals surface area contributed by atoms with Crippen molar-refractivity contribution >= 4 is 12.0 Å². The van der Waals surface area contributed by atoms with Crippen LogP contribution in [0.3, 0.4) is 0 Å². The number of nitrogens with zero attached hydrogens (tertiary/aromatic N) is 1. The maximum atomic E-state index is 12.1. The van der Waals surface area contributed by atoms with Gasteiger partial charge in [-0.15, -0.1) is 0 Å². The van der Waals surface area contributed by atoms with Gasteiger partial charge < -0.3 is 20.6 Å². The molecule has 1 saturated carbocycles. The fraction of sp³-hybridized carbons (Fsp3) is 0.867. The Kier molecular flexibility index (Phi) is 6.01. The van der Waals surface area contributed by atoms with Crippen molar-refractivity contribution in [3.63, 3.8) is 0 Å². The average molecular weight is 299 g/mol. The van der Waals surface area contributed by atoms with E-state index in [1.807, 2.05) is 14.1 Å². The average Bonchev–Trinajstić information content (AvgIpc) is 2.92. The number of rotatable bonds is 7. The lowest BCUT2D eigenvalue weighted by Crippen LogP contribution is -2.59. The molecular weight excluding hydrogens is 270 g/mol. The zero-order valence-corrected chi connectivity index (χ0v) is 13.7. The van der Waals surface area contributed by atoms with Crippen molar-refractivity contribution < 1.29 is 14.7 Å². The van der Waals surface area contributed by atoms with E-state index in [1.165, 1.54) is 12.8 Å². The zero-order chi connectivity index (χ0) is 16.1. The fourth-order valence-corrected chi connectivity index (χ4v) is 3.10. The second kappa shape index (κ2) is 7.11. The summed E-state index contributed by atoms with van der Waals surface area (Å²) in [5.74, 6) is -0.981. The Hall–Kier alpha value is -1.30. The molecule has 1 fully saturated rings. The molecule has 0 aromatic heterocycles. The van der Waals surface area contributed by atoms with E-state index in [0.717, 1.165) is 12.8 Å². The molecule has 3 N–H and O–H groups in total. The minimum Gasteiger partial charge on any atom is -0.480 e. The van der Waals surface area contributed by atoms with E-state index in [-0.39, 0.29) is 5.54 Å². The number of amides is 2. The maximum Gasteiger partial charge on any atom is 0.329 e. The van der Waals surface area contributed by atoms with Crippen molar-refractivity contribution in [1.29, 1.82) is 0 Å². The van der Waals surface area contributed by atoms with E-state index in [2.05, 4.69) is 15.5 Å². The van der Waals surface area contributed by atoms with E-state index in [9.17, 15) is 14.7 Å². The van der Waals surface area contributed by atoms with Crippen LogP contribution in [-0.2, 0) is 4.79 Å². The highest BCUT2D eigenvalue weighted by Crippen LogP contribution is 2.33. The van der Waals surface area contributed by atoms with Gasteiger partial charge >= 0.3 is 12.0 Å². The number of nitrogens with one attached hydrogen (secondary N) is 2. The lowest BCUT2D eigenvalue weighted by molar-refractivity contribution is -0.144. The van der Waals surface area contributed by atoms with Gasteiger partial charge in [0, 0.05) is 12.1 Å². The van der Waals surface area contributed by atoms with Crippen LogP contribution in [0.25, 0.3) is 0 Å². The van der Waals surface area contributed by atoms with Crippen LogP contribution in [0.1, 0.15) is 52.4 Å². The summed E-state index contributed by atoms with van der Waals surface area (Å²) in [5.41, 5.74) is -1.17. The summed E-state index contributed by atoms with van der Waals surface area (Å²) in [6.45, 7) is 4.10. The topological polar surface area (TPSA) is 81.7 Å². The van der Waals surface area contributed by atoms with Crippen molar-refractivity contribution in [3.05, 3.63) is 0 Å². The summed E-state index contributed by atoms with van der Waals surface area (Å²) in [5, 5.41) is 14.9. The first kappa shape index (κ1) is 17.8. The molecule has 6 nitrogen and oxygen atoms in total. The molecule has 0 spiro atoms. The third-order valence-electron chi connectivity index (χ3n) is 5.03. The number of hydrogen-bond acceptors (Lipinski definition) is 3. The highest BCUT2D eigenvalue weighted by Gasteiger charge is 2.39. The number of carbonyl (C=O) groups is 2. The smallest absolute Gasteiger partial charge is 0.329 e. The third kappa shape index (κ3) is 3.87. The van der Waals surface area contributed by atoms with E-state index in [0.29, 0.717) is 19.4 Å². The van der Waals surface area contributed by atoms with Gasteiger partial charge in [-0.1, -0.05) is 26.7 Å². The van der Waals surface area contributed by atoms with Crippen LogP contribution in [0.5, 0.6) is 0 Å². The van der Waals surface area contributed by atoms with E-state index in [4.69, 9.17) is 0 Å². The van der Waals surface area contributed by atoms with Gasteiger partial charge in [0.25, 0.3) is 0 Å². The van der Waals surface area contributed by atoms with Crippen molar-refractivity contribution in [2.75, 3.05) is 20.6 Å². The maximum absolute atomic E-state index is 12.1. The standard InChI is InChI=1S/C15H29N3O3/c1-5-15(6-2,12(19)20)17-13(21)16-11-14(18(3)4)9-7-8-10-14/h5-11H2,1-4H3,(H,19,20)(H2,16,17,21). The summed E-state index contributed by atoms with van der Waals surface area (Å²) >= 11 is 0. The number of urea groups is 1. The normalized spacial score (nSPS) is 17.8. The molecule has 0 saturated heterocycles. The summed E-state index contributed by atoms with van der Waals surface area (Å²) in [4.78, 5) is 25.7. The molecule has 0 heterocycles. The number of aliphatic carboxylic acids is 1. The van der Waals surface area contributed by atoms with Crippen molar-refractivity contribution in [2.45, 2.75) is 63.5 Å². The number of carboxylic acid groups (broad SMARTS) is 1. The molecule has 0 atom stereocenters. The van der Waals surface area contributed by atoms with Gasteiger partial charge in [-0.3, -0.25) is 0 Å². The van der Waals surface area contributed by atoms with E-state index in [1.54, 1.807) is 13.8 Å². The molecule has 0 unspecified atom stereocenters. The second-order valence-electron chi connectivity index (χ2n) is 6.23. The van der Waals surface area contributed by atoms with Crippen LogP contribution in [0, 0.1) is 0 Å². The predicted octanol–water partition coefficient (Wildman–Crippen LogP) is 1.80. The Morgan fingerprint density at radius 2 is 1.71 bits per heavy atom. The van der Waals surface area contributed by atoms with E-state index < -0.39 is 17.5 Å². The first-order chi connectivity index (χ1) is 9.82. The molecule has 1 aliphatic carbocycles. The molecule has 0 radical (unpaired) electrons. The van der Waals surface area contributed by atoms with E-state index >= 15 is 0 Å². The molecule has 0 bridgehead atoms. The Bertz CT molecular complexity index is 372. The molecule has 1 rings (SSSR count). The van der Waals surface area contributed by atoms with Gasteiger partial charge in [0.1, 0.15) is 5.54 Å². The monoisotopic (exact) mass is 299 g/mol. The van der Waals surface area contributed by atoms with Crippen LogP contribution in [-0.4, -0.2) is 53.7 Å². The number of carbonyl (C=O) groups excluding carboxylic acids is 1. The van der Waals surface area contributed by atoms with Gasteiger partial charge in [-0.2, -0.15) is 0 Å². The van der Waals surface area contributed by atoms with Crippen molar-refractivity contribution in [1.82, 2.24) is 15.5 Å². The lowest BCUT2D eigenvalue weighted by atomic mass is 9.93. The number of carboxylic acids is 1. The quantitative estimate of drug-likeness (QED) is 0.669. The predicted molar refractivity (Wildman–Crippen MR) is 82.4 cm³/mol. The van der Waals surface area contributed by atoms with Crippen LogP contribution in [0.15, 0.2) is 0 Å². The Labute approximate surface area is 127 Å². The number of hydrogen-bond donors (Lipinski definition) is 3. The highest BCUT2D eigenvalue weighted by molar-refractivity contribution is 5.86. The highest BCUT2D eigenvalue weighted by atomic mass is 16.4. The van der Waals surface area contributed by atoms with Gasteiger partial charge in [-0.25, -0.2) is 9.59 Å². The molecule has 0 aromatic rings. The largest absolute Gasteiger partial charge is 0.480 e. The minimum atomic E-state index is -1.18. The molecule has 6 heteroatoms. The zero-order valence-electron chi connectivity index (χ0n) is 13.7. The number of likely N-dealkylation sites (N-methyl/N-ethyl adjacent to an activating group) is 1. The Morgan fingerprint density at radius 3 is 2.10 bits per heavy atom.